The smallest absolute Gasteiger partial charge is 0.416 e. The lowest BCUT2D eigenvalue weighted by molar-refractivity contribution is -0.138. The van der Waals surface area contributed by atoms with Gasteiger partial charge in [0.2, 0.25) is 11.8 Å². The molecule has 0 aromatic heterocycles. The molecule has 0 radical (unpaired) electrons. The molecule has 1 atom stereocenters. The molecular formula is C29H31F4N3O4. The van der Waals surface area contributed by atoms with Crippen LogP contribution in [0.2, 0.25) is 0 Å². The molecule has 7 nitrogen and oxygen atoms in total. The van der Waals surface area contributed by atoms with Gasteiger partial charge in [0.25, 0.3) is 0 Å². The van der Waals surface area contributed by atoms with Crippen LogP contribution in [0.5, 0.6) is 0 Å². The number of hydrogen-bond acceptors (Lipinski definition) is 4. The minimum absolute atomic E-state index is 0.0664. The van der Waals surface area contributed by atoms with Gasteiger partial charge in [-0.2, -0.15) is 13.2 Å². The van der Waals surface area contributed by atoms with Gasteiger partial charge in [0.15, 0.2) is 0 Å². The van der Waals surface area contributed by atoms with Crippen LogP contribution in [0, 0.1) is 5.82 Å². The van der Waals surface area contributed by atoms with Crippen LogP contribution in [0.25, 0.3) is 6.08 Å². The molecule has 40 heavy (non-hydrogen) atoms. The third-order valence-electron chi connectivity index (χ3n) is 7.15. The molecule has 2 aromatic rings. The second-order valence-electron chi connectivity index (χ2n) is 10.1. The van der Waals surface area contributed by atoms with Crippen LogP contribution in [0.1, 0.15) is 59.9 Å². The number of rotatable bonds is 10. The van der Waals surface area contributed by atoms with E-state index >= 15 is 0 Å². The van der Waals surface area contributed by atoms with E-state index in [1.165, 1.54) is 5.56 Å². The largest absolute Gasteiger partial charge is 0.481 e. The van der Waals surface area contributed by atoms with Gasteiger partial charge in [0.05, 0.1) is 18.2 Å². The number of aliphatic carboxylic acids is 1. The normalized spacial score (nSPS) is 18.2. The van der Waals surface area contributed by atoms with Crippen molar-refractivity contribution in [3.63, 3.8) is 0 Å². The van der Waals surface area contributed by atoms with Crippen molar-refractivity contribution in [3.05, 3.63) is 76.6 Å². The molecule has 1 saturated heterocycles. The lowest BCUT2D eigenvalue weighted by Crippen LogP contribution is -2.53. The zero-order chi connectivity index (χ0) is 28.9. The third kappa shape index (κ3) is 7.91. The second kappa shape index (κ2) is 12.6. The fraction of sp³-hybridized carbons (Fsp3) is 0.414. The van der Waals surface area contributed by atoms with Gasteiger partial charge in [-0.05, 0) is 61.1 Å². The molecular weight excluding hydrogens is 530 g/mol. The monoisotopic (exact) mass is 561 g/mol. The zero-order valence-electron chi connectivity index (χ0n) is 21.8. The van der Waals surface area contributed by atoms with Gasteiger partial charge in [-0.15, -0.1) is 0 Å². The second-order valence-corrected chi connectivity index (χ2v) is 10.1. The molecule has 1 aliphatic heterocycles. The van der Waals surface area contributed by atoms with Crippen LogP contribution in [0.15, 0.2) is 48.5 Å². The number of alkyl halides is 3. The van der Waals surface area contributed by atoms with E-state index in [1.54, 1.807) is 4.90 Å². The topological polar surface area (TPSA) is 89.9 Å². The maximum atomic E-state index is 14.0. The van der Waals surface area contributed by atoms with Crippen LogP contribution >= 0.6 is 0 Å². The number of amides is 2. The molecule has 2 N–H and O–H groups in total. The average Bonchev–Trinajstić information content (AvgIpc) is 3.76. The van der Waals surface area contributed by atoms with Crippen LogP contribution in [0.4, 0.5) is 17.6 Å². The predicted molar refractivity (Wildman–Crippen MR) is 140 cm³/mol. The fourth-order valence-corrected chi connectivity index (χ4v) is 4.84. The fourth-order valence-electron chi connectivity index (χ4n) is 4.84. The van der Waals surface area contributed by atoms with Crippen molar-refractivity contribution in [2.45, 2.75) is 43.8 Å². The summed E-state index contributed by atoms with van der Waals surface area (Å²) < 4.78 is 52.2. The maximum absolute atomic E-state index is 14.0. The van der Waals surface area contributed by atoms with Gasteiger partial charge in [-0.1, -0.05) is 30.3 Å². The number of nitrogens with one attached hydrogen (secondary N) is 1. The van der Waals surface area contributed by atoms with E-state index in [4.69, 9.17) is 5.11 Å². The van der Waals surface area contributed by atoms with Gasteiger partial charge >= 0.3 is 12.1 Å². The van der Waals surface area contributed by atoms with Gasteiger partial charge in [-0.3, -0.25) is 19.3 Å². The van der Waals surface area contributed by atoms with Crippen molar-refractivity contribution in [2.75, 3.05) is 32.7 Å². The molecule has 2 fully saturated rings. The SMILES string of the molecule is O=C(O)CCCN1CCN(C(=O)CNC(=O)/C=C/c2ccc(C(F)(F)F)cc2F)C(c2cccc(C3CC3)c2)C1. The molecule has 1 saturated carbocycles. The molecule has 2 amide bonds. The van der Waals surface area contributed by atoms with Gasteiger partial charge in [-0.25, -0.2) is 4.39 Å². The maximum Gasteiger partial charge on any atom is 0.416 e. The summed E-state index contributed by atoms with van der Waals surface area (Å²) in [6, 6.07) is 9.88. The van der Waals surface area contributed by atoms with Gasteiger partial charge in [0.1, 0.15) is 5.82 Å². The first-order valence-electron chi connectivity index (χ1n) is 13.2. The van der Waals surface area contributed by atoms with Crippen LogP contribution in [0.3, 0.4) is 0 Å². The summed E-state index contributed by atoms with van der Waals surface area (Å²) >= 11 is 0. The Morgan fingerprint density at radius 2 is 1.80 bits per heavy atom. The van der Waals surface area contributed by atoms with Crippen LogP contribution < -0.4 is 5.32 Å². The number of carboxylic acid groups (broad SMARTS) is 1. The molecule has 2 aliphatic rings. The van der Waals surface area contributed by atoms with Crippen molar-refractivity contribution in [1.29, 1.82) is 0 Å². The van der Waals surface area contributed by atoms with Crippen molar-refractivity contribution in [2.24, 2.45) is 0 Å². The van der Waals surface area contributed by atoms with E-state index < -0.39 is 29.4 Å². The first kappa shape index (κ1) is 29.3. The summed E-state index contributed by atoms with van der Waals surface area (Å²) in [7, 11) is 0. The Morgan fingerprint density at radius 1 is 1.05 bits per heavy atom. The Labute approximate surface area is 229 Å². The highest BCUT2D eigenvalue weighted by atomic mass is 19.4. The highest BCUT2D eigenvalue weighted by Crippen LogP contribution is 2.41. The van der Waals surface area contributed by atoms with E-state index in [9.17, 15) is 31.9 Å². The first-order valence-corrected chi connectivity index (χ1v) is 13.2. The summed E-state index contributed by atoms with van der Waals surface area (Å²) in [5, 5.41) is 11.4. The lowest BCUT2D eigenvalue weighted by atomic mass is 9.98. The Balaban J connectivity index is 1.39. The summed E-state index contributed by atoms with van der Waals surface area (Å²) in [6.45, 7) is 1.77. The number of carbonyl (C=O) groups is 3. The minimum Gasteiger partial charge on any atom is -0.481 e. The van der Waals surface area contributed by atoms with Crippen LogP contribution in [-0.2, 0) is 20.6 Å². The number of hydrogen-bond donors (Lipinski definition) is 2. The molecule has 0 bridgehead atoms. The van der Waals surface area contributed by atoms with E-state index in [0.717, 1.165) is 42.7 Å². The lowest BCUT2D eigenvalue weighted by Gasteiger charge is -2.42. The van der Waals surface area contributed by atoms with Gasteiger partial charge in [0, 0.05) is 37.7 Å². The molecule has 0 spiro atoms. The molecule has 4 rings (SSSR count). The molecule has 11 heteroatoms. The third-order valence-corrected chi connectivity index (χ3v) is 7.15. The number of piperazine rings is 1. The summed E-state index contributed by atoms with van der Waals surface area (Å²) in [5.74, 6) is -2.44. The average molecular weight is 562 g/mol. The van der Waals surface area contributed by atoms with Crippen molar-refractivity contribution in [1.82, 2.24) is 15.1 Å². The standard InChI is InChI=1S/C29H31F4N3O4/c30-24-16-23(29(31,32)33)10-8-20(24)9-11-26(37)34-17-27(38)36-14-13-35(12-2-5-28(39)40)18-25(36)22-4-1-3-21(15-22)19-6-7-19/h1,3-4,8-11,15-16,19,25H,2,5-7,12-14,17-18H2,(H,34,37)(H,39,40)/b11-9+. The number of halogens is 4. The molecule has 1 aliphatic carbocycles. The number of carbonyl (C=O) groups excluding carboxylic acids is 2. The van der Waals surface area contributed by atoms with Crippen LogP contribution in [-0.4, -0.2) is 65.4 Å². The minimum atomic E-state index is -4.68. The highest BCUT2D eigenvalue weighted by molar-refractivity contribution is 5.94. The van der Waals surface area contributed by atoms with Crippen molar-refractivity contribution in [3.8, 4) is 0 Å². The predicted octanol–water partition coefficient (Wildman–Crippen LogP) is 4.60. The molecule has 214 valence electrons. The van der Waals surface area contributed by atoms with Crippen molar-refractivity contribution < 1.29 is 37.1 Å². The Bertz CT molecular complexity index is 1280. The summed E-state index contributed by atoms with van der Waals surface area (Å²) in [5.41, 5.74) is 0.882. The first-order chi connectivity index (χ1) is 19.0. The zero-order valence-corrected chi connectivity index (χ0v) is 21.8. The molecule has 1 unspecified atom stereocenters. The Hall–Kier alpha value is -3.73. The molecule has 2 aromatic carbocycles. The van der Waals surface area contributed by atoms with E-state index in [2.05, 4.69) is 22.3 Å². The molecule has 1 heterocycles. The summed E-state index contributed by atoms with van der Waals surface area (Å²) in [4.78, 5) is 40.3. The number of carboxylic acids is 1. The quantitative estimate of drug-likeness (QED) is 0.327. The van der Waals surface area contributed by atoms with E-state index in [1.807, 2.05) is 12.1 Å². The van der Waals surface area contributed by atoms with E-state index in [-0.39, 0.29) is 30.5 Å². The Morgan fingerprint density at radius 3 is 2.48 bits per heavy atom. The van der Waals surface area contributed by atoms with E-state index in [0.29, 0.717) is 44.6 Å². The number of benzene rings is 2. The highest BCUT2D eigenvalue weighted by Gasteiger charge is 2.33. The van der Waals surface area contributed by atoms with Crippen molar-refractivity contribution >= 4 is 23.9 Å². The summed E-state index contributed by atoms with van der Waals surface area (Å²) in [6.07, 6.45) is 0.175. The Kier molecular flexibility index (Phi) is 9.24. The van der Waals surface area contributed by atoms with Gasteiger partial charge < -0.3 is 15.3 Å². The number of nitrogens with zero attached hydrogens (tertiary/aromatic N) is 2.